The number of halogens is 2. The quantitative estimate of drug-likeness (QED) is 0.621. The Morgan fingerprint density at radius 2 is 2.00 bits per heavy atom. The molecular formula is C11H16Cl2N2O2S. The number of rotatable bonds is 6. The zero-order valence-corrected chi connectivity index (χ0v) is 12.3. The van der Waals surface area contributed by atoms with Crippen LogP contribution in [0.3, 0.4) is 0 Å². The minimum absolute atomic E-state index is 0.100. The lowest BCUT2D eigenvalue weighted by atomic mass is 10.0. The molecule has 0 saturated carbocycles. The lowest BCUT2D eigenvalue weighted by Gasteiger charge is -2.15. The number of nitrogens with two attached hydrogens (primary N) is 1. The van der Waals surface area contributed by atoms with E-state index in [1.807, 2.05) is 6.07 Å². The molecule has 0 saturated heterocycles. The predicted molar refractivity (Wildman–Crippen MR) is 75.6 cm³/mol. The molecule has 0 heterocycles. The third-order valence-corrected chi connectivity index (χ3v) is 4.26. The van der Waals surface area contributed by atoms with Crippen molar-refractivity contribution in [2.75, 3.05) is 12.0 Å². The van der Waals surface area contributed by atoms with Crippen molar-refractivity contribution < 1.29 is 8.42 Å². The van der Waals surface area contributed by atoms with E-state index in [4.69, 9.17) is 29.0 Å². The summed E-state index contributed by atoms with van der Waals surface area (Å²) in [7, 11) is -2.98. The molecule has 4 nitrogen and oxygen atoms in total. The van der Waals surface area contributed by atoms with Gasteiger partial charge in [-0.2, -0.15) is 0 Å². The lowest BCUT2D eigenvalue weighted by molar-refractivity contribution is 0.506. The summed E-state index contributed by atoms with van der Waals surface area (Å²) in [5.41, 5.74) is 3.58. The maximum Gasteiger partial charge on any atom is 0.147 e. The van der Waals surface area contributed by atoms with Crippen LogP contribution in [-0.4, -0.2) is 26.5 Å². The molecule has 0 aliphatic rings. The van der Waals surface area contributed by atoms with Gasteiger partial charge in [0, 0.05) is 12.3 Å². The number of sulfone groups is 1. The van der Waals surface area contributed by atoms with Gasteiger partial charge in [-0.05, 0) is 30.5 Å². The van der Waals surface area contributed by atoms with Crippen molar-refractivity contribution >= 4 is 33.0 Å². The van der Waals surface area contributed by atoms with Gasteiger partial charge in [0.05, 0.1) is 15.8 Å². The highest BCUT2D eigenvalue weighted by Gasteiger charge is 2.12. The number of hydrogen-bond acceptors (Lipinski definition) is 4. The van der Waals surface area contributed by atoms with E-state index in [9.17, 15) is 8.42 Å². The zero-order valence-electron chi connectivity index (χ0n) is 9.99. The zero-order chi connectivity index (χ0) is 13.8. The van der Waals surface area contributed by atoms with Gasteiger partial charge in [0.2, 0.25) is 0 Å². The van der Waals surface area contributed by atoms with E-state index in [0.717, 1.165) is 5.56 Å². The van der Waals surface area contributed by atoms with E-state index >= 15 is 0 Å². The number of hydrazine groups is 1. The largest absolute Gasteiger partial charge is 0.271 e. The third-order valence-electron chi connectivity index (χ3n) is 2.54. The van der Waals surface area contributed by atoms with Crippen molar-refractivity contribution in [2.24, 2.45) is 5.84 Å². The van der Waals surface area contributed by atoms with Gasteiger partial charge in [0.1, 0.15) is 9.84 Å². The van der Waals surface area contributed by atoms with Crippen LogP contribution in [0.25, 0.3) is 0 Å². The van der Waals surface area contributed by atoms with Crippen molar-refractivity contribution in [3.05, 3.63) is 33.8 Å². The lowest BCUT2D eigenvalue weighted by Crippen LogP contribution is -2.38. The van der Waals surface area contributed by atoms with Gasteiger partial charge >= 0.3 is 0 Å². The molecule has 1 rings (SSSR count). The fraction of sp³-hybridized carbons (Fsp3) is 0.455. The van der Waals surface area contributed by atoms with Gasteiger partial charge in [0.25, 0.3) is 0 Å². The maximum absolute atomic E-state index is 11.1. The molecule has 0 aromatic heterocycles. The van der Waals surface area contributed by atoms with Crippen LogP contribution in [0.5, 0.6) is 0 Å². The summed E-state index contributed by atoms with van der Waals surface area (Å²) in [4.78, 5) is 0. The molecule has 0 radical (unpaired) electrons. The van der Waals surface area contributed by atoms with Crippen molar-refractivity contribution in [2.45, 2.75) is 18.9 Å². The molecule has 7 heteroatoms. The molecule has 102 valence electrons. The third kappa shape index (κ3) is 5.54. The maximum atomic E-state index is 11.1. The molecule has 1 aromatic carbocycles. The summed E-state index contributed by atoms with van der Waals surface area (Å²) in [5, 5.41) is 0.974. The first kappa shape index (κ1) is 15.7. The predicted octanol–water partition coefficient (Wildman–Crippen LogP) is 1.80. The van der Waals surface area contributed by atoms with Crippen molar-refractivity contribution in [3.63, 3.8) is 0 Å². The Hall–Kier alpha value is -0.330. The van der Waals surface area contributed by atoms with Crippen LogP contribution in [0.15, 0.2) is 18.2 Å². The SMILES string of the molecule is CS(=O)(=O)CCC(Cc1ccc(Cl)c(Cl)c1)NN. The molecule has 0 bridgehead atoms. The van der Waals surface area contributed by atoms with Crippen LogP contribution in [-0.2, 0) is 16.3 Å². The monoisotopic (exact) mass is 310 g/mol. The normalized spacial score (nSPS) is 13.6. The highest BCUT2D eigenvalue weighted by molar-refractivity contribution is 7.90. The summed E-state index contributed by atoms with van der Waals surface area (Å²) in [6, 6.07) is 5.20. The van der Waals surface area contributed by atoms with Gasteiger partial charge in [-0.15, -0.1) is 0 Å². The first-order valence-electron chi connectivity index (χ1n) is 5.39. The van der Waals surface area contributed by atoms with Gasteiger partial charge < -0.3 is 0 Å². The number of hydrogen-bond donors (Lipinski definition) is 2. The van der Waals surface area contributed by atoms with Crippen LogP contribution in [0.2, 0.25) is 10.0 Å². The molecule has 0 amide bonds. The van der Waals surface area contributed by atoms with Crippen LogP contribution in [0.4, 0.5) is 0 Å². The molecule has 0 fully saturated rings. The van der Waals surface area contributed by atoms with Gasteiger partial charge in [-0.1, -0.05) is 29.3 Å². The Labute approximate surface area is 117 Å². The molecular weight excluding hydrogens is 295 g/mol. The second-order valence-electron chi connectivity index (χ2n) is 4.23. The minimum Gasteiger partial charge on any atom is -0.271 e. The fourth-order valence-electron chi connectivity index (χ4n) is 1.55. The molecule has 18 heavy (non-hydrogen) atoms. The van der Waals surface area contributed by atoms with Crippen molar-refractivity contribution in [1.29, 1.82) is 0 Å². The second kappa shape index (κ2) is 6.73. The van der Waals surface area contributed by atoms with Crippen LogP contribution in [0, 0.1) is 0 Å². The van der Waals surface area contributed by atoms with Gasteiger partial charge in [0.15, 0.2) is 0 Å². The van der Waals surface area contributed by atoms with E-state index < -0.39 is 9.84 Å². The van der Waals surface area contributed by atoms with Crippen molar-refractivity contribution in [1.82, 2.24) is 5.43 Å². The second-order valence-corrected chi connectivity index (χ2v) is 7.31. The smallest absolute Gasteiger partial charge is 0.147 e. The summed E-state index contributed by atoms with van der Waals surface area (Å²) in [5.74, 6) is 5.51. The van der Waals surface area contributed by atoms with E-state index in [-0.39, 0.29) is 11.8 Å². The first-order chi connectivity index (χ1) is 8.31. The Bertz CT molecular complexity index is 506. The summed E-state index contributed by atoms with van der Waals surface area (Å²) in [6.07, 6.45) is 2.26. The summed E-state index contributed by atoms with van der Waals surface area (Å²) >= 11 is 11.7. The summed E-state index contributed by atoms with van der Waals surface area (Å²) in [6.45, 7) is 0. The average molecular weight is 311 g/mol. The fourth-order valence-corrected chi connectivity index (χ4v) is 2.59. The minimum atomic E-state index is -2.98. The Balaban J connectivity index is 2.65. The molecule has 3 N–H and O–H groups in total. The average Bonchev–Trinajstić information content (AvgIpc) is 2.28. The van der Waals surface area contributed by atoms with Gasteiger partial charge in [-0.25, -0.2) is 8.42 Å². The Kier molecular flexibility index (Phi) is 5.88. The van der Waals surface area contributed by atoms with Crippen LogP contribution in [0.1, 0.15) is 12.0 Å². The number of nitrogens with one attached hydrogen (secondary N) is 1. The molecule has 0 aliphatic carbocycles. The number of benzene rings is 1. The van der Waals surface area contributed by atoms with E-state index in [0.29, 0.717) is 22.9 Å². The van der Waals surface area contributed by atoms with E-state index in [1.54, 1.807) is 12.1 Å². The molecule has 0 spiro atoms. The highest BCUT2D eigenvalue weighted by atomic mass is 35.5. The first-order valence-corrected chi connectivity index (χ1v) is 8.21. The Morgan fingerprint density at radius 3 is 2.50 bits per heavy atom. The van der Waals surface area contributed by atoms with E-state index in [2.05, 4.69) is 5.43 Å². The molecule has 1 unspecified atom stereocenters. The van der Waals surface area contributed by atoms with E-state index in [1.165, 1.54) is 6.26 Å². The topological polar surface area (TPSA) is 72.2 Å². The standard InChI is InChI=1S/C11H16Cl2N2O2S/c1-18(16,17)5-4-9(15-14)6-8-2-3-10(12)11(13)7-8/h2-3,7,9,15H,4-6,14H2,1H3. The highest BCUT2D eigenvalue weighted by Crippen LogP contribution is 2.23. The molecule has 1 atom stereocenters. The molecule has 0 aliphatic heterocycles. The van der Waals surface area contributed by atoms with Gasteiger partial charge in [-0.3, -0.25) is 11.3 Å². The van der Waals surface area contributed by atoms with Crippen LogP contribution < -0.4 is 11.3 Å². The molecule has 1 aromatic rings. The van der Waals surface area contributed by atoms with Crippen LogP contribution >= 0.6 is 23.2 Å². The Morgan fingerprint density at radius 1 is 1.33 bits per heavy atom. The summed E-state index contributed by atoms with van der Waals surface area (Å²) < 4.78 is 22.2. The van der Waals surface area contributed by atoms with Crippen molar-refractivity contribution in [3.8, 4) is 0 Å².